The van der Waals surface area contributed by atoms with Crippen molar-refractivity contribution < 1.29 is 9.32 Å². The van der Waals surface area contributed by atoms with Crippen molar-refractivity contribution in [3.05, 3.63) is 71.9 Å². The number of hydrogen-bond acceptors (Lipinski definition) is 7. The largest absolute Gasteiger partial charge is 0.369 e. The zero-order chi connectivity index (χ0) is 21.5. The van der Waals surface area contributed by atoms with Gasteiger partial charge < -0.3 is 14.7 Å². The summed E-state index contributed by atoms with van der Waals surface area (Å²) in [6, 6.07) is 18.2. The highest BCUT2D eigenvalue weighted by molar-refractivity contribution is 7.98. The Morgan fingerprint density at radius 3 is 2.55 bits per heavy atom. The van der Waals surface area contributed by atoms with Crippen LogP contribution in [0.25, 0.3) is 0 Å². The molecule has 0 spiro atoms. The van der Waals surface area contributed by atoms with Gasteiger partial charge in [0.2, 0.25) is 5.89 Å². The summed E-state index contributed by atoms with van der Waals surface area (Å²) in [5.41, 5.74) is 1.96. The molecule has 7 nitrogen and oxygen atoms in total. The fraction of sp³-hybridized carbons (Fsp3) is 0.348. The predicted molar refractivity (Wildman–Crippen MR) is 122 cm³/mol. The maximum absolute atomic E-state index is 12.8. The van der Waals surface area contributed by atoms with Gasteiger partial charge in [-0.3, -0.25) is 9.69 Å². The van der Waals surface area contributed by atoms with E-state index in [1.807, 2.05) is 30.3 Å². The summed E-state index contributed by atoms with van der Waals surface area (Å²) in [6.07, 6.45) is 0. The van der Waals surface area contributed by atoms with E-state index in [2.05, 4.69) is 49.5 Å². The monoisotopic (exact) mass is 437 g/mol. The molecule has 1 N–H and O–H groups in total. The molecule has 1 aromatic heterocycles. The quantitative estimate of drug-likeness (QED) is 0.542. The maximum atomic E-state index is 12.8. The lowest BCUT2D eigenvalue weighted by molar-refractivity contribution is 0.0945. The van der Waals surface area contributed by atoms with Gasteiger partial charge in [-0.15, -0.1) is 11.8 Å². The van der Waals surface area contributed by atoms with Gasteiger partial charge in [0.25, 0.3) is 5.91 Å². The molecule has 0 atom stereocenters. The molecule has 8 heteroatoms. The van der Waals surface area contributed by atoms with E-state index < -0.39 is 0 Å². The van der Waals surface area contributed by atoms with Crippen molar-refractivity contribution in [1.82, 2.24) is 20.4 Å². The van der Waals surface area contributed by atoms with E-state index in [1.165, 1.54) is 17.4 Å². The molecule has 0 saturated carbocycles. The number of nitrogens with one attached hydrogen (secondary N) is 1. The number of amides is 1. The highest BCUT2D eigenvalue weighted by Gasteiger charge is 2.17. The van der Waals surface area contributed by atoms with Crippen molar-refractivity contribution in [3.63, 3.8) is 0 Å². The highest BCUT2D eigenvalue weighted by atomic mass is 32.2. The zero-order valence-corrected chi connectivity index (χ0v) is 18.5. The standard InChI is InChI=1S/C23H27N5O2S/c1-18-25-22(26-30-18)17-31-21-10-6-5-9-20(21)23(29)24-11-12-27-13-15-28(16-14-27)19-7-3-2-4-8-19/h2-10H,11-17H2,1H3,(H,24,29). The molecular weight excluding hydrogens is 410 g/mol. The minimum Gasteiger partial charge on any atom is -0.369 e. The SMILES string of the molecule is Cc1nc(CSc2ccccc2C(=O)NCCN2CCN(c3ccccc3)CC2)no1. The van der Waals surface area contributed by atoms with Gasteiger partial charge >= 0.3 is 0 Å². The summed E-state index contributed by atoms with van der Waals surface area (Å²) in [7, 11) is 0. The van der Waals surface area contributed by atoms with Crippen molar-refractivity contribution in [2.24, 2.45) is 0 Å². The fourth-order valence-corrected chi connectivity index (χ4v) is 4.51. The molecule has 1 saturated heterocycles. The lowest BCUT2D eigenvalue weighted by atomic mass is 10.2. The molecule has 162 valence electrons. The molecule has 4 rings (SSSR count). The van der Waals surface area contributed by atoms with Crippen molar-refractivity contribution in [3.8, 4) is 0 Å². The van der Waals surface area contributed by atoms with Crippen LogP contribution in [-0.4, -0.2) is 60.2 Å². The lowest BCUT2D eigenvalue weighted by Crippen LogP contribution is -2.48. The number of carbonyl (C=O) groups excluding carboxylic acids is 1. The smallest absolute Gasteiger partial charge is 0.252 e. The highest BCUT2D eigenvalue weighted by Crippen LogP contribution is 2.25. The Bertz CT molecular complexity index is 986. The fourth-order valence-electron chi connectivity index (χ4n) is 3.61. The molecule has 3 aromatic rings. The Morgan fingerprint density at radius 2 is 1.81 bits per heavy atom. The minimum atomic E-state index is -0.0460. The summed E-state index contributed by atoms with van der Waals surface area (Å²) in [5, 5.41) is 6.99. The van der Waals surface area contributed by atoms with Crippen LogP contribution in [0.15, 0.2) is 64.0 Å². The Balaban J connectivity index is 1.23. The summed E-state index contributed by atoms with van der Waals surface area (Å²) >= 11 is 1.54. The molecule has 0 bridgehead atoms. The molecule has 2 heterocycles. The molecule has 0 aliphatic carbocycles. The first-order chi connectivity index (χ1) is 15.2. The first-order valence-electron chi connectivity index (χ1n) is 10.5. The van der Waals surface area contributed by atoms with Crippen LogP contribution in [0.2, 0.25) is 0 Å². The molecule has 1 fully saturated rings. The molecule has 1 aliphatic rings. The lowest BCUT2D eigenvalue weighted by Gasteiger charge is -2.36. The first kappa shape index (κ1) is 21.4. The Kier molecular flexibility index (Phi) is 7.22. The number of carbonyl (C=O) groups is 1. The summed E-state index contributed by atoms with van der Waals surface area (Å²) in [6.45, 7) is 7.27. The predicted octanol–water partition coefficient (Wildman–Crippen LogP) is 3.22. The molecule has 1 aliphatic heterocycles. The van der Waals surface area contributed by atoms with Gasteiger partial charge in [-0.2, -0.15) is 4.98 Å². The number of aromatic nitrogens is 2. The van der Waals surface area contributed by atoms with E-state index in [0.29, 0.717) is 29.6 Å². The first-order valence-corrected chi connectivity index (χ1v) is 11.5. The van der Waals surface area contributed by atoms with Gasteiger partial charge in [0.05, 0.1) is 11.3 Å². The van der Waals surface area contributed by atoms with E-state index in [0.717, 1.165) is 37.6 Å². The second-order valence-electron chi connectivity index (χ2n) is 7.43. The Morgan fingerprint density at radius 1 is 1.06 bits per heavy atom. The van der Waals surface area contributed by atoms with Gasteiger partial charge in [0.15, 0.2) is 5.82 Å². The summed E-state index contributed by atoms with van der Waals surface area (Å²) < 4.78 is 5.01. The van der Waals surface area contributed by atoms with E-state index in [9.17, 15) is 4.79 Å². The van der Waals surface area contributed by atoms with Gasteiger partial charge in [0, 0.05) is 56.8 Å². The molecule has 2 aromatic carbocycles. The van der Waals surface area contributed by atoms with Crippen LogP contribution in [-0.2, 0) is 5.75 Å². The number of piperazine rings is 1. The number of benzene rings is 2. The third kappa shape index (κ3) is 5.86. The average Bonchev–Trinajstić information content (AvgIpc) is 3.24. The second kappa shape index (κ2) is 10.5. The summed E-state index contributed by atoms with van der Waals surface area (Å²) in [5.74, 6) is 1.70. The van der Waals surface area contributed by atoms with Crippen LogP contribution in [0.4, 0.5) is 5.69 Å². The summed E-state index contributed by atoms with van der Waals surface area (Å²) in [4.78, 5) is 22.7. The normalized spacial score (nSPS) is 14.5. The molecule has 31 heavy (non-hydrogen) atoms. The molecule has 1 amide bonds. The minimum absolute atomic E-state index is 0.0460. The molecule has 0 unspecified atom stereocenters. The van der Waals surface area contributed by atoms with Crippen molar-refractivity contribution in [2.45, 2.75) is 17.6 Å². The van der Waals surface area contributed by atoms with Crippen molar-refractivity contribution >= 4 is 23.4 Å². The Labute approximate surface area is 186 Å². The third-order valence-corrected chi connectivity index (χ3v) is 6.33. The number of anilines is 1. The number of rotatable bonds is 8. The number of aryl methyl sites for hydroxylation is 1. The van der Waals surface area contributed by atoms with Gasteiger partial charge in [0.1, 0.15) is 0 Å². The third-order valence-electron chi connectivity index (χ3n) is 5.27. The van der Waals surface area contributed by atoms with Crippen molar-refractivity contribution in [2.75, 3.05) is 44.2 Å². The molecular formula is C23H27N5O2S. The number of hydrogen-bond donors (Lipinski definition) is 1. The van der Waals surface area contributed by atoms with Crippen LogP contribution < -0.4 is 10.2 Å². The van der Waals surface area contributed by atoms with Gasteiger partial charge in [-0.25, -0.2) is 0 Å². The van der Waals surface area contributed by atoms with E-state index in [-0.39, 0.29) is 5.91 Å². The number of nitrogens with zero attached hydrogens (tertiary/aromatic N) is 4. The molecule has 0 radical (unpaired) electrons. The van der Waals surface area contributed by atoms with E-state index >= 15 is 0 Å². The van der Waals surface area contributed by atoms with Crippen LogP contribution in [0.1, 0.15) is 22.1 Å². The van der Waals surface area contributed by atoms with Crippen LogP contribution >= 0.6 is 11.8 Å². The van der Waals surface area contributed by atoms with Crippen LogP contribution in [0, 0.1) is 6.92 Å². The Hall–Kier alpha value is -2.84. The van der Waals surface area contributed by atoms with Crippen molar-refractivity contribution in [1.29, 1.82) is 0 Å². The zero-order valence-electron chi connectivity index (χ0n) is 17.7. The topological polar surface area (TPSA) is 74.5 Å². The van der Waals surface area contributed by atoms with Crippen LogP contribution in [0.5, 0.6) is 0 Å². The van der Waals surface area contributed by atoms with E-state index in [4.69, 9.17) is 4.52 Å². The number of para-hydroxylation sites is 1. The second-order valence-corrected chi connectivity index (χ2v) is 8.45. The van der Waals surface area contributed by atoms with E-state index in [1.54, 1.807) is 6.92 Å². The maximum Gasteiger partial charge on any atom is 0.252 e. The van der Waals surface area contributed by atoms with Gasteiger partial charge in [-0.05, 0) is 24.3 Å². The van der Waals surface area contributed by atoms with Crippen LogP contribution in [0.3, 0.4) is 0 Å². The van der Waals surface area contributed by atoms with Gasteiger partial charge in [-0.1, -0.05) is 35.5 Å². The average molecular weight is 438 g/mol. The number of thioether (sulfide) groups is 1.